The zero-order valence-corrected chi connectivity index (χ0v) is 18.3. The molecule has 3 rings (SSSR count). The highest BCUT2D eigenvalue weighted by atomic mass is 127. The fraction of sp³-hybridized carbons (Fsp3) is 0.588. The summed E-state index contributed by atoms with van der Waals surface area (Å²) in [6.07, 6.45) is 2.55. The first kappa shape index (κ1) is 20.6. The van der Waals surface area contributed by atoms with Crippen molar-refractivity contribution >= 4 is 45.9 Å². The molecule has 0 amide bonds. The van der Waals surface area contributed by atoms with Crippen molar-refractivity contribution in [2.75, 3.05) is 32.9 Å². The van der Waals surface area contributed by atoms with E-state index < -0.39 is 0 Å². The molecule has 140 valence electrons. The number of guanidine groups is 1. The van der Waals surface area contributed by atoms with Gasteiger partial charge in [-0.25, -0.2) is 4.99 Å². The average molecular weight is 526 g/mol. The molecule has 1 unspecified atom stereocenters. The zero-order valence-electron chi connectivity index (χ0n) is 14.3. The van der Waals surface area contributed by atoms with Crippen LogP contribution < -0.4 is 20.1 Å². The second-order valence-electron chi connectivity index (χ2n) is 5.81. The molecule has 0 aliphatic carbocycles. The van der Waals surface area contributed by atoms with E-state index in [4.69, 9.17) is 14.2 Å². The minimum absolute atomic E-state index is 0. The molecule has 1 fully saturated rings. The standard InChI is InChI=1S/C17H24BrN3O3.HI/c1-2-19-17(21-11-13-4-3-5-22-13)20-10-12-8-14(18)16-15(9-12)23-6-7-24-16;/h8-9,13H,2-7,10-11H2,1H3,(H2,19,20,21);1H. The number of hydrogen-bond donors (Lipinski definition) is 2. The normalized spacial score (nSPS) is 19.3. The van der Waals surface area contributed by atoms with Gasteiger partial charge < -0.3 is 24.8 Å². The van der Waals surface area contributed by atoms with E-state index in [0.717, 1.165) is 60.0 Å². The van der Waals surface area contributed by atoms with Gasteiger partial charge in [-0.05, 0) is 53.4 Å². The van der Waals surface area contributed by atoms with E-state index >= 15 is 0 Å². The maximum Gasteiger partial charge on any atom is 0.191 e. The summed E-state index contributed by atoms with van der Waals surface area (Å²) >= 11 is 3.54. The Morgan fingerprint density at radius 1 is 1.24 bits per heavy atom. The number of nitrogens with one attached hydrogen (secondary N) is 2. The number of rotatable bonds is 5. The fourth-order valence-electron chi connectivity index (χ4n) is 2.78. The van der Waals surface area contributed by atoms with Crippen molar-refractivity contribution in [1.29, 1.82) is 0 Å². The van der Waals surface area contributed by atoms with E-state index in [-0.39, 0.29) is 30.1 Å². The molecule has 1 aromatic rings. The van der Waals surface area contributed by atoms with Crippen LogP contribution in [-0.4, -0.2) is 45.0 Å². The summed E-state index contributed by atoms with van der Waals surface area (Å²) in [5.41, 5.74) is 1.07. The Labute approximate surface area is 174 Å². The average Bonchev–Trinajstić information content (AvgIpc) is 3.11. The summed E-state index contributed by atoms with van der Waals surface area (Å²) in [7, 11) is 0. The van der Waals surface area contributed by atoms with Crippen molar-refractivity contribution in [1.82, 2.24) is 10.6 Å². The molecule has 0 radical (unpaired) electrons. The van der Waals surface area contributed by atoms with Crippen LogP contribution in [-0.2, 0) is 11.3 Å². The third kappa shape index (κ3) is 5.89. The minimum Gasteiger partial charge on any atom is -0.486 e. The number of aliphatic imine (C=N–C) groups is 1. The first-order chi connectivity index (χ1) is 11.8. The smallest absolute Gasteiger partial charge is 0.191 e. The van der Waals surface area contributed by atoms with Gasteiger partial charge in [-0.2, -0.15) is 0 Å². The summed E-state index contributed by atoms with van der Waals surface area (Å²) in [6, 6.07) is 4.02. The van der Waals surface area contributed by atoms with Crippen LogP contribution in [0.25, 0.3) is 0 Å². The van der Waals surface area contributed by atoms with Crippen LogP contribution >= 0.6 is 39.9 Å². The Morgan fingerprint density at radius 3 is 2.84 bits per heavy atom. The van der Waals surface area contributed by atoms with Crippen LogP contribution in [0, 0.1) is 0 Å². The third-order valence-electron chi connectivity index (χ3n) is 3.94. The van der Waals surface area contributed by atoms with Crippen LogP contribution in [0.2, 0.25) is 0 Å². The van der Waals surface area contributed by atoms with Gasteiger partial charge in [-0.1, -0.05) is 0 Å². The van der Waals surface area contributed by atoms with Crippen molar-refractivity contribution in [3.05, 3.63) is 22.2 Å². The fourth-order valence-corrected chi connectivity index (χ4v) is 3.39. The molecule has 1 aromatic carbocycles. The highest BCUT2D eigenvalue weighted by Gasteiger charge is 2.17. The molecule has 0 saturated carbocycles. The van der Waals surface area contributed by atoms with E-state index in [2.05, 4.69) is 38.5 Å². The summed E-state index contributed by atoms with van der Waals surface area (Å²) in [6.45, 7) is 6.27. The van der Waals surface area contributed by atoms with Crippen molar-refractivity contribution in [3.63, 3.8) is 0 Å². The van der Waals surface area contributed by atoms with Crippen LogP contribution in [0.5, 0.6) is 11.5 Å². The Hall–Kier alpha value is -0.740. The topological polar surface area (TPSA) is 64.1 Å². The first-order valence-electron chi connectivity index (χ1n) is 8.48. The van der Waals surface area contributed by atoms with Gasteiger partial charge in [0.25, 0.3) is 0 Å². The maximum absolute atomic E-state index is 5.66. The summed E-state index contributed by atoms with van der Waals surface area (Å²) in [4.78, 5) is 4.66. The van der Waals surface area contributed by atoms with Gasteiger partial charge in [0.15, 0.2) is 17.5 Å². The molecule has 2 N–H and O–H groups in total. The molecule has 0 aromatic heterocycles. The van der Waals surface area contributed by atoms with Crippen molar-refractivity contribution in [2.24, 2.45) is 4.99 Å². The highest BCUT2D eigenvalue weighted by Crippen LogP contribution is 2.38. The van der Waals surface area contributed by atoms with Gasteiger partial charge >= 0.3 is 0 Å². The predicted octanol–water partition coefficient (Wildman–Crippen LogP) is 3.07. The van der Waals surface area contributed by atoms with Gasteiger partial charge in [0.2, 0.25) is 0 Å². The van der Waals surface area contributed by atoms with Crippen LogP contribution in [0.15, 0.2) is 21.6 Å². The molecular formula is C17H25BrIN3O3. The molecule has 1 saturated heterocycles. The zero-order chi connectivity index (χ0) is 16.8. The highest BCUT2D eigenvalue weighted by molar-refractivity contribution is 14.0. The minimum atomic E-state index is 0. The largest absolute Gasteiger partial charge is 0.486 e. The SMILES string of the molecule is CCNC(=NCc1cc(Br)c2c(c1)OCCO2)NCC1CCCO1.I. The maximum atomic E-state index is 5.66. The molecular weight excluding hydrogens is 501 g/mol. The van der Waals surface area contributed by atoms with E-state index in [0.29, 0.717) is 19.8 Å². The number of ether oxygens (including phenoxy) is 3. The van der Waals surface area contributed by atoms with Crippen LogP contribution in [0.1, 0.15) is 25.3 Å². The Morgan fingerprint density at radius 2 is 2.08 bits per heavy atom. The lowest BCUT2D eigenvalue weighted by molar-refractivity contribution is 0.114. The number of halogens is 2. The van der Waals surface area contributed by atoms with E-state index in [9.17, 15) is 0 Å². The van der Waals surface area contributed by atoms with Gasteiger partial charge in [-0.3, -0.25) is 0 Å². The lowest BCUT2D eigenvalue weighted by Crippen LogP contribution is -2.41. The number of nitrogens with zero attached hydrogens (tertiary/aromatic N) is 1. The number of benzene rings is 1. The Kier molecular flexibility index (Phi) is 8.57. The van der Waals surface area contributed by atoms with Crippen molar-refractivity contribution < 1.29 is 14.2 Å². The number of hydrogen-bond acceptors (Lipinski definition) is 4. The summed E-state index contributed by atoms with van der Waals surface area (Å²) in [5.74, 6) is 2.36. The molecule has 0 spiro atoms. The van der Waals surface area contributed by atoms with Gasteiger partial charge in [0, 0.05) is 19.7 Å². The van der Waals surface area contributed by atoms with Crippen molar-refractivity contribution in [3.8, 4) is 11.5 Å². The molecule has 2 heterocycles. The second kappa shape index (κ2) is 10.4. The Bertz CT molecular complexity index is 595. The predicted molar refractivity (Wildman–Crippen MR) is 112 cm³/mol. The van der Waals surface area contributed by atoms with Gasteiger partial charge in [0.05, 0.1) is 17.1 Å². The molecule has 6 nitrogen and oxygen atoms in total. The lowest BCUT2D eigenvalue weighted by Gasteiger charge is -2.20. The number of fused-ring (bicyclic) bond motifs is 1. The van der Waals surface area contributed by atoms with E-state index in [1.54, 1.807) is 0 Å². The molecule has 8 heteroatoms. The quantitative estimate of drug-likeness (QED) is 0.351. The summed E-state index contributed by atoms with van der Waals surface area (Å²) < 4.78 is 17.8. The van der Waals surface area contributed by atoms with Gasteiger partial charge in [-0.15, -0.1) is 24.0 Å². The lowest BCUT2D eigenvalue weighted by atomic mass is 10.2. The molecule has 25 heavy (non-hydrogen) atoms. The molecule has 2 aliphatic rings. The monoisotopic (exact) mass is 525 g/mol. The van der Waals surface area contributed by atoms with Gasteiger partial charge in [0.1, 0.15) is 13.2 Å². The molecule has 1 atom stereocenters. The summed E-state index contributed by atoms with van der Waals surface area (Å²) in [5, 5.41) is 6.63. The first-order valence-corrected chi connectivity index (χ1v) is 9.27. The Balaban J connectivity index is 0.00000225. The van der Waals surface area contributed by atoms with Crippen LogP contribution in [0.3, 0.4) is 0 Å². The third-order valence-corrected chi connectivity index (χ3v) is 4.53. The van der Waals surface area contributed by atoms with E-state index in [1.807, 2.05) is 12.1 Å². The van der Waals surface area contributed by atoms with Crippen molar-refractivity contribution in [2.45, 2.75) is 32.4 Å². The molecule has 0 bridgehead atoms. The van der Waals surface area contributed by atoms with Crippen LogP contribution in [0.4, 0.5) is 0 Å². The van der Waals surface area contributed by atoms with E-state index in [1.165, 1.54) is 0 Å². The second-order valence-corrected chi connectivity index (χ2v) is 6.67. The molecule has 2 aliphatic heterocycles.